The van der Waals surface area contributed by atoms with Gasteiger partial charge in [0.25, 0.3) is 0 Å². The fourth-order valence-corrected chi connectivity index (χ4v) is 4.55. The summed E-state index contributed by atoms with van der Waals surface area (Å²) in [7, 11) is 0. The smallest absolute Gasteiger partial charge is 0.306 e. The normalized spacial score (nSPS) is 37.5. The summed E-state index contributed by atoms with van der Waals surface area (Å²) in [5.41, 5.74) is 0. The van der Waals surface area contributed by atoms with Crippen LogP contribution in [0.5, 0.6) is 0 Å². The fourth-order valence-electron chi connectivity index (χ4n) is 4.55. The van der Waals surface area contributed by atoms with Gasteiger partial charge in [0.1, 0.15) is 0 Å². The third kappa shape index (κ3) is 2.57. The van der Waals surface area contributed by atoms with E-state index in [4.69, 9.17) is 5.11 Å². The number of carbonyl (C=O) groups is 2. The number of rotatable bonds is 2. The summed E-state index contributed by atoms with van der Waals surface area (Å²) in [6.45, 7) is 0.905. The molecule has 4 nitrogen and oxygen atoms in total. The Labute approximate surface area is 120 Å². The van der Waals surface area contributed by atoms with Crippen molar-refractivity contribution in [1.82, 2.24) is 4.90 Å². The number of hydrogen-bond donors (Lipinski definition) is 1. The molecule has 1 aliphatic heterocycles. The molecule has 0 aromatic heterocycles. The minimum atomic E-state index is -0.723. The van der Waals surface area contributed by atoms with Crippen molar-refractivity contribution in [1.29, 1.82) is 0 Å². The highest BCUT2D eigenvalue weighted by atomic mass is 16.4. The van der Waals surface area contributed by atoms with E-state index in [2.05, 4.69) is 4.90 Å². The number of carboxylic acids is 1. The van der Waals surface area contributed by atoms with Gasteiger partial charge in [0.2, 0.25) is 5.91 Å². The monoisotopic (exact) mass is 279 g/mol. The lowest BCUT2D eigenvalue weighted by atomic mass is 9.80. The lowest BCUT2D eigenvalue weighted by Gasteiger charge is -2.35. The summed E-state index contributed by atoms with van der Waals surface area (Å²) in [6.07, 6.45) is 9.22. The van der Waals surface area contributed by atoms with Gasteiger partial charge in [-0.2, -0.15) is 0 Å². The van der Waals surface area contributed by atoms with Gasteiger partial charge in [-0.15, -0.1) is 0 Å². The van der Waals surface area contributed by atoms with Crippen LogP contribution < -0.4 is 0 Å². The Morgan fingerprint density at radius 3 is 2.45 bits per heavy atom. The first kappa shape index (κ1) is 13.9. The summed E-state index contributed by atoms with van der Waals surface area (Å²) in [4.78, 5) is 26.0. The lowest BCUT2D eigenvalue weighted by molar-refractivity contribution is -0.146. The van der Waals surface area contributed by atoms with Crippen molar-refractivity contribution in [2.75, 3.05) is 6.54 Å². The van der Waals surface area contributed by atoms with Crippen LogP contribution in [0, 0.1) is 17.8 Å². The van der Waals surface area contributed by atoms with Gasteiger partial charge in [-0.1, -0.05) is 19.3 Å². The van der Waals surface area contributed by atoms with E-state index in [1.165, 1.54) is 19.3 Å². The average molecular weight is 279 g/mol. The first-order valence-electron chi connectivity index (χ1n) is 8.20. The number of amides is 1. The maximum Gasteiger partial charge on any atom is 0.306 e. The summed E-state index contributed by atoms with van der Waals surface area (Å²) in [5.74, 6) is -0.0932. The number of likely N-dealkylation sites (tertiary alicyclic amines) is 1. The Hall–Kier alpha value is -1.06. The van der Waals surface area contributed by atoms with Crippen LogP contribution in [0.4, 0.5) is 0 Å². The standard InChI is InChI=1S/C16H25NO3/c18-15(12-5-3-6-13(10-12)16(19)20)17-9-8-11-4-1-2-7-14(11)17/h11-14H,1-10H2,(H,19,20). The molecule has 1 amide bonds. The predicted molar refractivity (Wildman–Crippen MR) is 75.2 cm³/mol. The van der Waals surface area contributed by atoms with Gasteiger partial charge >= 0.3 is 5.97 Å². The van der Waals surface area contributed by atoms with Gasteiger partial charge in [-0.3, -0.25) is 9.59 Å². The van der Waals surface area contributed by atoms with E-state index >= 15 is 0 Å². The predicted octanol–water partition coefficient (Wildman–Crippen LogP) is 2.67. The average Bonchev–Trinajstić information content (AvgIpc) is 2.90. The minimum absolute atomic E-state index is 0.0365. The lowest BCUT2D eigenvalue weighted by Crippen LogP contribution is -2.44. The van der Waals surface area contributed by atoms with E-state index in [1.54, 1.807) is 0 Å². The molecule has 0 radical (unpaired) electrons. The van der Waals surface area contributed by atoms with Crippen molar-refractivity contribution >= 4 is 11.9 Å². The van der Waals surface area contributed by atoms with Crippen molar-refractivity contribution in [3.63, 3.8) is 0 Å². The van der Waals surface area contributed by atoms with Crippen LogP contribution >= 0.6 is 0 Å². The summed E-state index contributed by atoms with van der Waals surface area (Å²) in [5, 5.41) is 9.17. The third-order valence-electron chi connectivity index (χ3n) is 5.67. The number of fused-ring (bicyclic) bond motifs is 1. The largest absolute Gasteiger partial charge is 0.481 e. The number of nitrogens with zero attached hydrogens (tertiary/aromatic N) is 1. The molecule has 0 aromatic rings. The van der Waals surface area contributed by atoms with Crippen LogP contribution in [0.3, 0.4) is 0 Å². The van der Waals surface area contributed by atoms with E-state index in [0.29, 0.717) is 18.4 Å². The van der Waals surface area contributed by atoms with Gasteiger partial charge in [0.05, 0.1) is 5.92 Å². The summed E-state index contributed by atoms with van der Waals surface area (Å²) in [6, 6.07) is 0.460. The van der Waals surface area contributed by atoms with Gasteiger partial charge in [-0.05, 0) is 44.4 Å². The number of aliphatic carboxylic acids is 1. The number of hydrogen-bond acceptors (Lipinski definition) is 2. The first-order chi connectivity index (χ1) is 9.66. The Morgan fingerprint density at radius 2 is 1.65 bits per heavy atom. The molecule has 4 unspecified atom stereocenters. The van der Waals surface area contributed by atoms with E-state index in [0.717, 1.165) is 38.6 Å². The quantitative estimate of drug-likeness (QED) is 0.845. The topological polar surface area (TPSA) is 57.6 Å². The van der Waals surface area contributed by atoms with E-state index in [1.807, 2.05) is 0 Å². The molecule has 3 rings (SSSR count). The zero-order valence-corrected chi connectivity index (χ0v) is 12.1. The van der Waals surface area contributed by atoms with Crippen LogP contribution in [0.2, 0.25) is 0 Å². The molecule has 20 heavy (non-hydrogen) atoms. The molecule has 0 aromatic carbocycles. The van der Waals surface area contributed by atoms with Crippen molar-refractivity contribution in [2.45, 2.75) is 63.8 Å². The molecule has 0 bridgehead atoms. The van der Waals surface area contributed by atoms with Gasteiger partial charge < -0.3 is 10.0 Å². The summed E-state index contributed by atoms with van der Waals surface area (Å²) >= 11 is 0. The van der Waals surface area contributed by atoms with Crippen LogP contribution in [0.25, 0.3) is 0 Å². The molecule has 1 heterocycles. The Bertz CT molecular complexity index is 395. The Kier molecular flexibility index (Phi) is 3.99. The van der Waals surface area contributed by atoms with Gasteiger partial charge in [-0.25, -0.2) is 0 Å². The second-order valence-corrected chi connectivity index (χ2v) is 6.83. The Morgan fingerprint density at radius 1 is 0.900 bits per heavy atom. The van der Waals surface area contributed by atoms with E-state index in [-0.39, 0.29) is 17.7 Å². The molecular weight excluding hydrogens is 254 g/mol. The molecule has 3 aliphatic rings. The zero-order chi connectivity index (χ0) is 14.1. The summed E-state index contributed by atoms with van der Waals surface area (Å²) < 4.78 is 0. The van der Waals surface area contributed by atoms with Gasteiger partial charge in [0, 0.05) is 18.5 Å². The maximum atomic E-state index is 12.8. The van der Waals surface area contributed by atoms with E-state index < -0.39 is 5.97 Å². The molecule has 112 valence electrons. The molecule has 2 saturated carbocycles. The number of carbonyl (C=O) groups excluding carboxylic acids is 1. The molecule has 3 fully saturated rings. The molecule has 0 spiro atoms. The second kappa shape index (κ2) is 5.74. The zero-order valence-electron chi connectivity index (χ0n) is 12.1. The molecule has 1 saturated heterocycles. The van der Waals surface area contributed by atoms with Crippen LogP contribution in [0.1, 0.15) is 57.8 Å². The highest BCUT2D eigenvalue weighted by molar-refractivity contribution is 5.81. The Balaban J connectivity index is 1.64. The van der Waals surface area contributed by atoms with Crippen molar-refractivity contribution in [3.05, 3.63) is 0 Å². The second-order valence-electron chi connectivity index (χ2n) is 6.83. The van der Waals surface area contributed by atoms with Crippen molar-refractivity contribution < 1.29 is 14.7 Å². The highest BCUT2D eigenvalue weighted by Crippen LogP contribution is 2.39. The number of carboxylic acid groups (broad SMARTS) is 1. The van der Waals surface area contributed by atoms with Gasteiger partial charge in [0.15, 0.2) is 0 Å². The van der Waals surface area contributed by atoms with Crippen LogP contribution in [-0.4, -0.2) is 34.5 Å². The van der Waals surface area contributed by atoms with Crippen molar-refractivity contribution in [3.8, 4) is 0 Å². The van der Waals surface area contributed by atoms with E-state index in [9.17, 15) is 9.59 Å². The molecule has 4 heteroatoms. The highest BCUT2D eigenvalue weighted by Gasteiger charge is 2.41. The molecular formula is C16H25NO3. The SMILES string of the molecule is O=C(O)C1CCCC(C(=O)N2CCC3CCCCC32)C1. The van der Waals surface area contributed by atoms with Crippen molar-refractivity contribution in [2.24, 2.45) is 17.8 Å². The fraction of sp³-hybridized carbons (Fsp3) is 0.875. The van der Waals surface area contributed by atoms with Crippen LogP contribution in [-0.2, 0) is 9.59 Å². The van der Waals surface area contributed by atoms with Crippen LogP contribution in [0.15, 0.2) is 0 Å². The molecule has 2 aliphatic carbocycles. The molecule has 1 N–H and O–H groups in total. The maximum absolute atomic E-state index is 12.8. The first-order valence-corrected chi connectivity index (χ1v) is 8.20. The third-order valence-corrected chi connectivity index (χ3v) is 5.67. The minimum Gasteiger partial charge on any atom is -0.481 e. The molecule has 4 atom stereocenters.